The van der Waals surface area contributed by atoms with Gasteiger partial charge < -0.3 is 20.2 Å². The number of amides is 4. The van der Waals surface area contributed by atoms with Crippen LogP contribution in [0, 0.1) is 6.92 Å². The molecular formula is C18H17N3O6. The van der Waals surface area contributed by atoms with Gasteiger partial charge in [-0.15, -0.1) is 0 Å². The predicted octanol–water partition coefficient (Wildman–Crippen LogP) is 1.27. The summed E-state index contributed by atoms with van der Waals surface area (Å²) >= 11 is 0. The van der Waals surface area contributed by atoms with E-state index in [1.807, 2.05) is 0 Å². The zero-order valence-corrected chi connectivity index (χ0v) is 14.6. The molecule has 1 aromatic heterocycles. The molecule has 1 aromatic carbocycles. The molecule has 0 saturated carbocycles. The number of carboxylic acids is 1. The van der Waals surface area contributed by atoms with Crippen LogP contribution in [0.2, 0.25) is 0 Å². The quantitative estimate of drug-likeness (QED) is 0.584. The lowest BCUT2D eigenvalue weighted by molar-refractivity contribution is -0.123. The number of aryl methyl sites for hydroxylation is 1. The first kappa shape index (κ1) is 18.2. The van der Waals surface area contributed by atoms with Crippen molar-refractivity contribution in [1.82, 2.24) is 16.0 Å². The van der Waals surface area contributed by atoms with Gasteiger partial charge in [-0.25, -0.2) is 9.59 Å². The molecule has 27 heavy (non-hydrogen) atoms. The standard InChI is InChI=1S/C18H17N3O6/c1-9-13(15(23)24)7-12(27-9)8-19-14(22)10-3-5-11(6-4-10)18(2)16(25)20-17(26)21-18/h3-7H,8H2,1-2H3,(H,19,22)(H,23,24)(H2,20,21,25,26)/t18-/m0/s1. The average Bonchev–Trinajstić information content (AvgIpc) is 3.12. The van der Waals surface area contributed by atoms with Crippen LogP contribution in [0.15, 0.2) is 34.7 Å². The van der Waals surface area contributed by atoms with Crippen LogP contribution in [0.5, 0.6) is 0 Å². The molecule has 9 nitrogen and oxygen atoms in total. The van der Waals surface area contributed by atoms with Crippen LogP contribution in [0.25, 0.3) is 0 Å². The maximum Gasteiger partial charge on any atom is 0.339 e. The zero-order valence-electron chi connectivity index (χ0n) is 14.6. The maximum absolute atomic E-state index is 12.3. The van der Waals surface area contributed by atoms with Gasteiger partial charge >= 0.3 is 12.0 Å². The Balaban J connectivity index is 1.68. The Kier molecular flexibility index (Phi) is 4.44. The first-order chi connectivity index (χ1) is 12.7. The van der Waals surface area contributed by atoms with Gasteiger partial charge in [-0.05, 0) is 37.6 Å². The van der Waals surface area contributed by atoms with Gasteiger partial charge in [0.15, 0.2) is 0 Å². The van der Waals surface area contributed by atoms with Crippen molar-refractivity contribution in [2.45, 2.75) is 25.9 Å². The van der Waals surface area contributed by atoms with E-state index in [0.717, 1.165) is 0 Å². The number of urea groups is 1. The number of aromatic carboxylic acids is 1. The Morgan fingerprint density at radius 2 is 1.89 bits per heavy atom. The molecule has 1 atom stereocenters. The first-order valence-corrected chi connectivity index (χ1v) is 8.05. The van der Waals surface area contributed by atoms with Crippen molar-refractivity contribution in [2.75, 3.05) is 0 Å². The van der Waals surface area contributed by atoms with Gasteiger partial charge in [-0.3, -0.25) is 14.9 Å². The number of carbonyl (C=O) groups is 4. The Labute approximate surface area is 153 Å². The molecular weight excluding hydrogens is 354 g/mol. The van der Waals surface area contributed by atoms with Crippen LogP contribution in [0.3, 0.4) is 0 Å². The summed E-state index contributed by atoms with van der Waals surface area (Å²) in [6.07, 6.45) is 0. The highest BCUT2D eigenvalue weighted by Crippen LogP contribution is 2.24. The zero-order chi connectivity index (χ0) is 19.8. The van der Waals surface area contributed by atoms with Crippen molar-refractivity contribution in [3.8, 4) is 0 Å². The first-order valence-electron chi connectivity index (χ1n) is 8.05. The molecule has 0 radical (unpaired) electrons. The van der Waals surface area contributed by atoms with Gasteiger partial charge in [0.05, 0.1) is 6.54 Å². The minimum atomic E-state index is -1.19. The summed E-state index contributed by atoms with van der Waals surface area (Å²) in [7, 11) is 0. The SMILES string of the molecule is Cc1oc(CNC(=O)c2ccc([C@]3(C)NC(=O)NC3=O)cc2)cc1C(=O)O. The normalized spacial score (nSPS) is 18.7. The molecule has 140 valence electrons. The second-order valence-electron chi connectivity index (χ2n) is 6.28. The Morgan fingerprint density at radius 1 is 1.22 bits per heavy atom. The number of hydrogen-bond donors (Lipinski definition) is 4. The second-order valence-corrected chi connectivity index (χ2v) is 6.28. The number of benzene rings is 1. The van der Waals surface area contributed by atoms with Gasteiger partial charge in [-0.2, -0.15) is 0 Å². The predicted molar refractivity (Wildman–Crippen MR) is 92.0 cm³/mol. The van der Waals surface area contributed by atoms with Crippen molar-refractivity contribution in [3.05, 3.63) is 58.5 Å². The lowest BCUT2D eigenvalue weighted by atomic mass is 9.91. The molecule has 1 aliphatic rings. The maximum atomic E-state index is 12.3. The minimum absolute atomic E-state index is 0.0326. The molecule has 2 aromatic rings. The van der Waals surface area contributed by atoms with E-state index in [4.69, 9.17) is 9.52 Å². The summed E-state index contributed by atoms with van der Waals surface area (Å²) in [5, 5.41) is 16.4. The molecule has 4 amide bonds. The topological polar surface area (TPSA) is 138 Å². The van der Waals surface area contributed by atoms with Crippen molar-refractivity contribution in [2.24, 2.45) is 0 Å². The van der Waals surface area contributed by atoms with Gasteiger partial charge in [0, 0.05) is 5.56 Å². The Morgan fingerprint density at radius 3 is 2.41 bits per heavy atom. The molecule has 1 saturated heterocycles. The fraction of sp³-hybridized carbons (Fsp3) is 0.222. The van der Waals surface area contributed by atoms with E-state index in [2.05, 4.69) is 16.0 Å². The van der Waals surface area contributed by atoms with Crippen LogP contribution in [0.4, 0.5) is 4.79 Å². The van der Waals surface area contributed by atoms with Crippen molar-refractivity contribution >= 4 is 23.8 Å². The van der Waals surface area contributed by atoms with E-state index in [9.17, 15) is 19.2 Å². The fourth-order valence-corrected chi connectivity index (χ4v) is 2.81. The molecule has 0 spiro atoms. The van der Waals surface area contributed by atoms with Gasteiger partial charge in [0.2, 0.25) is 0 Å². The van der Waals surface area contributed by atoms with Gasteiger partial charge in [-0.1, -0.05) is 12.1 Å². The average molecular weight is 371 g/mol. The highest BCUT2D eigenvalue weighted by molar-refractivity contribution is 6.07. The number of rotatable bonds is 5. The third-order valence-corrected chi connectivity index (χ3v) is 4.39. The summed E-state index contributed by atoms with van der Waals surface area (Å²) < 4.78 is 5.30. The molecule has 0 bridgehead atoms. The Hall–Kier alpha value is -3.62. The number of carbonyl (C=O) groups excluding carboxylic acids is 3. The summed E-state index contributed by atoms with van der Waals surface area (Å²) in [5.41, 5.74) is -0.261. The molecule has 0 aliphatic carbocycles. The molecule has 2 heterocycles. The second kappa shape index (κ2) is 6.60. The molecule has 1 fully saturated rings. The lowest BCUT2D eigenvalue weighted by Crippen LogP contribution is -2.40. The number of hydrogen-bond acceptors (Lipinski definition) is 5. The Bertz CT molecular complexity index is 947. The third-order valence-electron chi connectivity index (χ3n) is 4.39. The van der Waals surface area contributed by atoms with E-state index in [0.29, 0.717) is 16.9 Å². The summed E-state index contributed by atoms with van der Waals surface area (Å²) in [5.74, 6) is -1.36. The van der Waals surface area contributed by atoms with Crippen LogP contribution < -0.4 is 16.0 Å². The van der Waals surface area contributed by atoms with Crippen LogP contribution in [-0.2, 0) is 16.9 Å². The van der Waals surface area contributed by atoms with Crippen molar-refractivity contribution in [3.63, 3.8) is 0 Å². The number of furan rings is 1. The van der Waals surface area contributed by atoms with Crippen LogP contribution in [-0.4, -0.2) is 28.9 Å². The summed E-state index contributed by atoms with van der Waals surface area (Å²) in [6.45, 7) is 3.14. The van der Waals surface area contributed by atoms with Gasteiger partial charge in [0.25, 0.3) is 11.8 Å². The summed E-state index contributed by atoms with van der Waals surface area (Å²) in [4.78, 5) is 46.5. The molecule has 3 rings (SSSR count). The number of carboxylic acid groups (broad SMARTS) is 1. The van der Waals surface area contributed by atoms with E-state index in [1.54, 1.807) is 19.1 Å². The molecule has 4 N–H and O–H groups in total. The smallest absolute Gasteiger partial charge is 0.339 e. The summed E-state index contributed by atoms with van der Waals surface area (Å²) in [6, 6.07) is 7.02. The largest absolute Gasteiger partial charge is 0.478 e. The number of imide groups is 1. The van der Waals surface area contributed by atoms with Crippen LogP contribution >= 0.6 is 0 Å². The van der Waals surface area contributed by atoms with E-state index >= 15 is 0 Å². The van der Waals surface area contributed by atoms with Gasteiger partial charge in [0.1, 0.15) is 22.6 Å². The van der Waals surface area contributed by atoms with E-state index < -0.39 is 29.4 Å². The highest BCUT2D eigenvalue weighted by atomic mass is 16.4. The fourth-order valence-electron chi connectivity index (χ4n) is 2.81. The third kappa shape index (κ3) is 3.39. The molecule has 0 unspecified atom stereocenters. The minimum Gasteiger partial charge on any atom is -0.478 e. The van der Waals surface area contributed by atoms with Crippen LogP contribution in [0.1, 0.15) is 44.7 Å². The molecule has 9 heteroatoms. The monoisotopic (exact) mass is 371 g/mol. The molecule has 1 aliphatic heterocycles. The highest BCUT2D eigenvalue weighted by Gasteiger charge is 2.43. The van der Waals surface area contributed by atoms with Crippen molar-refractivity contribution in [1.29, 1.82) is 0 Å². The van der Waals surface area contributed by atoms with Crippen molar-refractivity contribution < 1.29 is 28.7 Å². The van der Waals surface area contributed by atoms with E-state index in [1.165, 1.54) is 25.1 Å². The number of nitrogens with one attached hydrogen (secondary N) is 3. The van der Waals surface area contributed by atoms with E-state index in [-0.39, 0.29) is 17.9 Å². The lowest BCUT2D eigenvalue weighted by Gasteiger charge is -2.21.